The Morgan fingerprint density at radius 1 is 0.971 bits per heavy atom. The molecule has 0 heterocycles. The van der Waals surface area contributed by atoms with Crippen LogP contribution in [-0.2, 0) is 30.6 Å². The Bertz CT molecular complexity index is 1090. The quantitative estimate of drug-likeness (QED) is 0.371. The first-order chi connectivity index (χ1) is 16.3. The molecule has 4 nitrogen and oxygen atoms in total. The van der Waals surface area contributed by atoms with Gasteiger partial charge in [0.15, 0.2) is 0 Å². The molecule has 0 bridgehead atoms. The summed E-state index contributed by atoms with van der Waals surface area (Å²) in [6.07, 6.45) is 0.0328. The van der Waals surface area contributed by atoms with Crippen LogP contribution in [-0.4, -0.2) is 29.7 Å². The molecule has 3 aromatic rings. The number of hydrogen-bond donors (Lipinski definition) is 3. The van der Waals surface area contributed by atoms with Crippen LogP contribution in [0.1, 0.15) is 29.2 Å². The average Bonchev–Trinajstić information content (AvgIpc) is 2.79. The molecule has 0 fully saturated rings. The number of nitrogens with one attached hydrogen (secondary N) is 2. The van der Waals surface area contributed by atoms with Gasteiger partial charge in [-0.15, -0.1) is 0 Å². The summed E-state index contributed by atoms with van der Waals surface area (Å²) in [5, 5.41) is 17.4. The van der Waals surface area contributed by atoms with Crippen LogP contribution < -0.4 is 10.6 Å². The van der Waals surface area contributed by atoms with E-state index in [-0.39, 0.29) is 25.3 Å². The van der Waals surface area contributed by atoms with Crippen molar-refractivity contribution in [2.45, 2.75) is 44.9 Å². The Morgan fingerprint density at radius 2 is 1.68 bits per heavy atom. The summed E-state index contributed by atoms with van der Waals surface area (Å²) >= 11 is 6.16. The van der Waals surface area contributed by atoms with Gasteiger partial charge in [0.25, 0.3) is 0 Å². The van der Waals surface area contributed by atoms with E-state index in [1.54, 1.807) is 24.3 Å². The molecule has 0 radical (unpaired) electrons. The lowest BCUT2D eigenvalue weighted by Crippen LogP contribution is -2.49. The molecule has 1 amide bonds. The highest BCUT2D eigenvalue weighted by atomic mass is 35.5. The molecule has 3 N–H and O–H groups in total. The van der Waals surface area contributed by atoms with E-state index in [0.717, 1.165) is 18.1 Å². The van der Waals surface area contributed by atoms with Crippen LogP contribution in [0.2, 0.25) is 5.02 Å². The number of rotatable bonds is 11. The maximum absolute atomic E-state index is 13.7. The first-order valence-corrected chi connectivity index (χ1v) is 11.7. The van der Waals surface area contributed by atoms with Crippen LogP contribution in [0.15, 0.2) is 66.7 Å². The number of carbonyl (C=O) groups excluding carboxylic acids is 1. The van der Waals surface area contributed by atoms with Gasteiger partial charge >= 0.3 is 0 Å². The van der Waals surface area contributed by atoms with E-state index in [1.807, 2.05) is 12.1 Å². The minimum absolute atomic E-state index is 0.0254. The highest BCUT2D eigenvalue weighted by Crippen LogP contribution is 2.16. The van der Waals surface area contributed by atoms with Crippen molar-refractivity contribution in [1.82, 2.24) is 10.6 Å². The van der Waals surface area contributed by atoms with Crippen molar-refractivity contribution in [1.29, 1.82) is 0 Å². The summed E-state index contributed by atoms with van der Waals surface area (Å²) in [5.74, 6) is -1.76. The van der Waals surface area contributed by atoms with Gasteiger partial charge in [-0.25, -0.2) is 8.78 Å². The first kappa shape index (κ1) is 25.8. The third-order valence-corrected chi connectivity index (χ3v) is 5.95. The Morgan fingerprint density at radius 3 is 2.38 bits per heavy atom. The fourth-order valence-electron chi connectivity index (χ4n) is 3.80. The molecule has 0 aliphatic rings. The maximum Gasteiger partial charge on any atom is 0.224 e. The van der Waals surface area contributed by atoms with Gasteiger partial charge in [-0.1, -0.05) is 61.0 Å². The van der Waals surface area contributed by atoms with Crippen molar-refractivity contribution < 1.29 is 18.7 Å². The normalized spacial score (nSPS) is 12.9. The summed E-state index contributed by atoms with van der Waals surface area (Å²) in [4.78, 5) is 12.7. The largest absolute Gasteiger partial charge is 0.390 e. The molecule has 0 saturated heterocycles. The molecule has 180 valence electrons. The van der Waals surface area contributed by atoms with E-state index in [1.165, 1.54) is 17.7 Å². The lowest BCUT2D eigenvalue weighted by molar-refractivity contribution is -0.122. The summed E-state index contributed by atoms with van der Waals surface area (Å²) < 4.78 is 27.4. The SMILES string of the molecule is CCc1cccc(CNC[C@@H](O)[C@H](Cc2cc(F)cc(F)c2)NC(=O)Cc2ccccc2Cl)c1. The summed E-state index contributed by atoms with van der Waals surface area (Å²) in [6, 6.07) is 17.6. The van der Waals surface area contributed by atoms with Crippen molar-refractivity contribution in [3.05, 3.63) is 106 Å². The molecule has 2 atom stereocenters. The van der Waals surface area contributed by atoms with E-state index in [9.17, 15) is 18.7 Å². The Labute approximate surface area is 204 Å². The maximum atomic E-state index is 13.7. The Balaban J connectivity index is 1.67. The number of benzene rings is 3. The van der Waals surface area contributed by atoms with Gasteiger partial charge in [0, 0.05) is 24.2 Å². The van der Waals surface area contributed by atoms with Gasteiger partial charge in [-0.3, -0.25) is 4.79 Å². The van der Waals surface area contributed by atoms with Crippen molar-refractivity contribution in [2.24, 2.45) is 0 Å². The van der Waals surface area contributed by atoms with Crippen LogP contribution in [0.5, 0.6) is 0 Å². The van der Waals surface area contributed by atoms with Crippen molar-refractivity contribution >= 4 is 17.5 Å². The molecule has 0 aromatic heterocycles. The molecular weight excluding hydrogens is 458 g/mol. The number of aryl methyl sites for hydroxylation is 1. The zero-order valence-corrected chi connectivity index (χ0v) is 19.8. The number of aliphatic hydroxyl groups is 1. The van der Waals surface area contributed by atoms with Crippen molar-refractivity contribution in [3.8, 4) is 0 Å². The van der Waals surface area contributed by atoms with Gasteiger partial charge in [0.1, 0.15) is 11.6 Å². The summed E-state index contributed by atoms with van der Waals surface area (Å²) in [5.41, 5.74) is 3.30. The molecule has 0 aliphatic heterocycles. The van der Waals surface area contributed by atoms with Crippen molar-refractivity contribution in [3.63, 3.8) is 0 Å². The molecule has 0 spiro atoms. The van der Waals surface area contributed by atoms with Crippen LogP contribution in [0.3, 0.4) is 0 Å². The zero-order valence-electron chi connectivity index (χ0n) is 19.0. The number of hydrogen-bond acceptors (Lipinski definition) is 3. The second-order valence-corrected chi connectivity index (χ2v) is 8.70. The second kappa shape index (κ2) is 12.6. The predicted molar refractivity (Wildman–Crippen MR) is 131 cm³/mol. The van der Waals surface area contributed by atoms with E-state index in [2.05, 4.69) is 29.7 Å². The van der Waals surface area contributed by atoms with Gasteiger partial charge in [0.2, 0.25) is 5.91 Å². The molecule has 34 heavy (non-hydrogen) atoms. The zero-order chi connectivity index (χ0) is 24.5. The third-order valence-electron chi connectivity index (χ3n) is 5.58. The molecule has 0 saturated carbocycles. The molecule has 0 unspecified atom stereocenters. The summed E-state index contributed by atoms with van der Waals surface area (Å²) in [6.45, 7) is 2.81. The Kier molecular flexibility index (Phi) is 9.57. The lowest BCUT2D eigenvalue weighted by atomic mass is 10.00. The highest BCUT2D eigenvalue weighted by Gasteiger charge is 2.23. The standard InChI is InChI=1S/C27H29ClF2N2O2/c1-2-18-6-5-7-19(10-18)16-31-17-26(33)25(13-20-11-22(29)15-23(30)12-20)32-27(34)14-21-8-3-4-9-24(21)28/h3-12,15,25-26,31,33H,2,13-14,16-17H2,1H3,(H,32,34)/t25-,26+/m0/s1. The van der Waals surface area contributed by atoms with Crippen molar-refractivity contribution in [2.75, 3.05) is 6.54 Å². The minimum Gasteiger partial charge on any atom is -0.390 e. The smallest absolute Gasteiger partial charge is 0.224 e. The molecule has 3 aromatic carbocycles. The fourth-order valence-corrected chi connectivity index (χ4v) is 4.01. The second-order valence-electron chi connectivity index (χ2n) is 8.30. The van der Waals surface area contributed by atoms with Crippen LogP contribution in [0.25, 0.3) is 0 Å². The van der Waals surface area contributed by atoms with Gasteiger partial charge < -0.3 is 15.7 Å². The molecule has 0 aliphatic carbocycles. The Hall–Kier alpha value is -2.80. The number of aliphatic hydroxyl groups excluding tert-OH is 1. The number of amides is 1. The molecular formula is C27H29ClF2N2O2. The summed E-state index contributed by atoms with van der Waals surface area (Å²) in [7, 11) is 0. The van der Waals surface area contributed by atoms with Gasteiger partial charge in [-0.05, 0) is 53.3 Å². The molecule has 3 rings (SSSR count). The van der Waals surface area contributed by atoms with Gasteiger partial charge in [0.05, 0.1) is 18.6 Å². The van der Waals surface area contributed by atoms with Crippen LogP contribution >= 0.6 is 11.6 Å². The van der Waals surface area contributed by atoms with E-state index in [4.69, 9.17) is 11.6 Å². The molecule has 7 heteroatoms. The van der Waals surface area contributed by atoms with E-state index < -0.39 is 23.8 Å². The van der Waals surface area contributed by atoms with Crippen LogP contribution in [0, 0.1) is 11.6 Å². The topological polar surface area (TPSA) is 61.4 Å². The first-order valence-electron chi connectivity index (χ1n) is 11.3. The minimum atomic E-state index is -0.990. The van der Waals surface area contributed by atoms with E-state index >= 15 is 0 Å². The number of halogens is 3. The third kappa shape index (κ3) is 7.90. The average molecular weight is 487 g/mol. The lowest BCUT2D eigenvalue weighted by Gasteiger charge is -2.25. The van der Waals surface area contributed by atoms with E-state index in [0.29, 0.717) is 22.7 Å². The fraction of sp³-hybridized carbons (Fsp3) is 0.296. The predicted octanol–water partition coefficient (Wildman–Crippen LogP) is 4.60. The van der Waals surface area contributed by atoms with Crippen LogP contribution in [0.4, 0.5) is 8.78 Å². The number of carbonyl (C=O) groups is 1. The highest BCUT2D eigenvalue weighted by molar-refractivity contribution is 6.31. The van der Waals surface area contributed by atoms with Gasteiger partial charge in [-0.2, -0.15) is 0 Å². The monoisotopic (exact) mass is 486 g/mol.